The van der Waals surface area contributed by atoms with Crippen molar-refractivity contribution in [1.82, 2.24) is 5.32 Å². The van der Waals surface area contributed by atoms with Crippen LogP contribution in [0.5, 0.6) is 0 Å². The zero-order valence-corrected chi connectivity index (χ0v) is 12.0. The molecule has 2 rings (SSSR count). The van der Waals surface area contributed by atoms with Crippen LogP contribution in [-0.2, 0) is 11.2 Å². The molecule has 0 spiro atoms. The lowest BCUT2D eigenvalue weighted by molar-refractivity contribution is 0.0947. The van der Waals surface area contributed by atoms with Gasteiger partial charge in [0.1, 0.15) is 5.82 Å². The molecule has 1 aromatic rings. The van der Waals surface area contributed by atoms with Gasteiger partial charge in [-0.15, -0.1) is 0 Å². The lowest BCUT2D eigenvalue weighted by Gasteiger charge is -2.21. The predicted octanol–water partition coefficient (Wildman–Crippen LogP) is 3.57. The third-order valence-corrected chi connectivity index (χ3v) is 3.99. The van der Waals surface area contributed by atoms with Crippen molar-refractivity contribution in [2.24, 2.45) is 0 Å². The van der Waals surface area contributed by atoms with Crippen molar-refractivity contribution in [1.29, 1.82) is 0 Å². The lowest BCUT2D eigenvalue weighted by Crippen LogP contribution is -2.34. The molecule has 2 atom stereocenters. The van der Waals surface area contributed by atoms with Crippen LogP contribution in [-0.4, -0.2) is 25.3 Å². The summed E-state index contributed by atoms with van der Waals surface area (Å²) in [6.07, 6.45) is 4.30. The second-order valence-electron chi connectivity index (χ2n) is 5.04. The van der Waals surface area contributed by atoms with E-state index in [1.54, 1.807) is 6.07 Å². The number of benzene rings is 1. The van der Waals surface area contributed by atoms with Crippen molar-refractivity contribution in [3.8, 4) is 0 Å². The fraction of sp³-hybridized carbons (Fsp3) is 0.600. The summed E-state index contributed by atoms with van der Waals surface area (Å²) in [6, 6.07) is 5.29. The fourth-order valence-electron chi connectivity index (χ4n) is 2.65. The molecule has 0 amide bonds. The molecule has 1 fully saturated rings. The minimum absolute atomic E-state index is 0.248. The first-order valence-corrected chi connectivity index (χ1v) is 7.36. The van der Waals surface area contributed by atoms with E-state index in [1.165, 1.54) is 6.07 Å². The van der Waals surface area contributed by atoms with Crippen molar-refractivity contribution in [2.75, 3.05) is 13.2 Å². The smallest absolute Gasteiger partial charge is 0.142 e. The van der Waals surface area contributed by atoms with E-state index < -0.39 is 0 Å². The minimum Gasteiger partial charge on any atom is -0.378 e. The maximum absolute atomic E-state index is 13.4. The van der Waals surface area contributed by atoms with E-state index in [0.717, 1.165) is 44.4 Å². The third kappa shape index (κ3) is 4.16. The van der Waals surface area contributed by atoms with E-state index in [0.29, 0.717) is 6.10 Å². The summed E-state index contributed by atoms with van der Waals surface area (Å²) in [5.41, 5.74) is 0.866. The number of ether oxygens (including phenoxy) is 1. The number of hydrogen-bond acceptors (Lipinski definition) is 2. The average Bonchev–Trinajstić information content (AvgIpc) is 2.88. The summed E-state index contributed by atoms with van der Waals surface area (Å²) in [6.45, 7) is 3.84. The summed E-state index contributed by atoms with van der Waals surface area (Å²) in [4.78, 5) is 0. The van der Waals surface area contributed by atoms with Gasteiger partial charge in [0.2, 0.25) is 0 Å². The molecular formula is C15H21ClFNO. The molecule has 0 aliphatic carbocycles. The number of rotatable bonds is 6. The molecule has 0 saturated carbocycles. The summed E-state index contributed by atoms with van der Waals surface area (Å²) in [5, 5.41) is 3.69. The van der Waals surface area contributed by atoms with Crippen molar-refractivity contribution in [3.63, 3.8) is 0 Å². The minimum atomic E-state index is -0.341. The van der Waals surface area contributed by atoms with Crippen molar-refractivity contribution < 1.29 is 9.13 Å². The molecule has 0 bridgehead atoms. The van der Waals surface area contributed by atoms with Gasteiger partial charge in [-0.1, -0.05) is 30.7 Å². The van der Waals surface area contributed by atoms with E-state index >= 15 is 0 Å². The Hall–Kier alpha value is -0.640. The molecule has 1 N–H and O–H groups in total. The number of halogens is 2. The average molecular weight is 286 g/mol. The van der Waals surface area contributed by atoms with Gasteiger partial charge in [0.15, 0.2) is 0 Å². The Labute approximate surface area is 119 Å². The zero-order chi connectivity index (χ0) is 13.7. The topological polar surface area (TPSA) is 21.3 Å². The van der Waals surface area contributed by atoms with Crippen LogP contribution in [0, 0.1) is 5.82 Å². The quantitative estimate of drug-likeness (QED) is 0.863. The molecule has 1 saturated heterocycles. The van der Waals surface area contributed by atoms with Gasteiger partial charge >= 0.3 is 0 Å². The van der Waals surface area contributed by atoms with Crippen molar-refractivity contribution in [3.05, 3.63) is 34.6 Å². The monoisotopic (exact) mass is 285 g/mol. The predicted molar refractivity (Wildman–Crippen MR) is 76.2 cm³/mol. The molecule has 106 valence electrons. The molecule has 1 aliphatic heterocycles. The van der Waals surface area contributed by atoms with Crippen LogP contribution >= 0.6 is 11.6 Å². The van der Waals surface area contributed by atoms with Gasteiger partial charge in [0.25, 0.3) is 0 Å². The molecule has 19 heavy (non-hydrogen) atoms. The fourth-order valence-corrected chi connectivity index (χ4v) is 2.85. The van der Waals surface area contributed by atoms with Crippen molar-refractivity contribution in [2.45, 2.75) is 44.8 Å². The summed E-state index contributed by atoms with van der Waals surface area (Å²) < 4.78 is 19.1. The van der Waals surface area contributed by atoms with E-state index in [9.17, 15) is 4.39 Å². The van der Waals surface area contributed by atoms with E-state index in [1.807, 2.05) is 6.07 Å². The standard InChI is InChI=1S/C15H21ClFNO/c1-2-18-12(10-13-6-4-8-19-13)9-11-5-3-7-14(17)15(11)16/h3,5,7,12-13,18H,2,4,6,8-10H2,1H3. The third-order valence-electron chi connectivity index (χ3n) is 3.56. The van der Waals surface area contributed by atoms with Crippen LogP contribution in [0.1, 0.15) is 31.7 Å². The van der Waals surface area contributed by atoms with Gasteiger partial charge < -0.3 is 10.1 Å². The van der Waals surface area contributed by atoms with Gasteiger partial charge in [-0.2, -0.15) is 0 Å². The summed E-state index contributed by atoms with van der Waals surface area (Å²) in [7, 11) is 0. The van der Waals surface area contributed by atoms with Gasteiger partial charge in [0, 0.05) is 12.6 Å². The molecule has 2 nitrogen and oxygen atoms in total. The molecular weight excluding hydrogens is 265 g/mol. The van der Waals surface area contributed by atoms with Crippen LogP contribution < -0.4 is 5.32 Å². The first-order chi connectivity index (χ1) is 9.20. The largest absolute Gasteiger partial charge is 0.378 e. The van der Waals surface area contributed by atoms with Gasteiger partial charge in [-0.3, -0.25) is 0 Å². The van der Waals surface area contributed by atoms with Crippen molar-refractivity contribution >= 4 is 11.6 Å². The summed E-state index contributed by atoms with van der Waals surface area (Å²) >= 11 is 6.02. The Balaban J connectivity index is 2.00. The van der Waals surface area contributed by atoms with E-state index in [-0.39, 0.29) is 16.9 Å². The first kappa shape index (κ1) is 14.8. The van der Waals surface area contributed by atoms with Crippen LogP contribution in [0.3, 0.4) is 0 Å². The number of likely N-dealkylation sites (N-methyl/N-ethyl adjacent to an activating group) is 1. The van der Waals surface area contributed by atoms with Gasteiger partial charge in [-0.05, 0) is 43.9 Å². The van der Waals surface area contributed by atoms with Gasteiger partial charge in [-0.25, -0.2) is 4.39 Å². The second kappa shape index (κ2) is 7.22. The molecule has 4 heteroatoms. The Bertz CT molecular complexity index is 407. The Morgan fingerprint density at radius 3 is 3.05 bits per heavy atom. The SMILES string of the molecule is CCNC(Cc1cccc(F)c1Cl)CC1CCCO1. The van der Waals surface area contributed by atoms with E-state index in [2.05, 4.69) is 12.2 Å². The molecule has 0 aromatic heterocycles. The van der Waals surface area contributed by atoms with E-state index in [4.69, 9.17) is 16.3 Å². The Morgan fingerprint density at radius 2 is 2.37 bits per heavy atom. The highest BCUT2D eigenvalue weighted by Gasteiger charge is 2.21. The second-order valence-corrected chi connectivity index (χ2v) is 5.42. The highest BCUT2D eigenvalue weighted by molar-refractivity contribution is 6.31. The van der Waals surface area contributed by atoms with Crippen LogP contribution in [0.2, 0.25) is 5.02 Å². The van der Waals surface area contributed by atoms with Crippen LogP contribution in [0.25, 0.3) is 0 Å². The normalized spacial score (nSPS) is 20.7. The van der Waals surface area contributed by atoms with Crippen LogP contribution in [0.15, 0.2) is 18.2 Å². The van der Waals surface area contributed by atoms with Gasteiger partial charge in [0.05, 0.1) is 11.1 Å². The highest BCUT2D eigenvalue weighted by atomic mass is 35.5. The maximum atomic E-state index is 13.4. The first-order valence-electron chi connectivity index (χ1n) is 6.98. The molecule has 1 aliphatic rings. The number of hydrogen-bond donors (Lipinski definition) is 1. The zero-order valence-electron chi connectivity index (χ0n) is 11.3. The number of nitrogens with one attached hydrogen (secondary N) is 1. The Morgan fingerprint density at radius 1 is 1.53 bits per heavy atom. The summed E-state index contributed by atoms with van der Waals surface area (Å²) in [5.74, 6) is -0.341. The lowest BCUT2D eigenvalue weighted by atomic mass is 9.99. The Kier molecular flexibility index (Phi) is 5.61. The van der Waals surface area contributed by atoms with Crippen LogP contribution in [0.4, 0.5) is 4.39 Å². The molecule has 1 heterocycles. The molecule has 0 radical (unpaired) electrons. The molecule has 2 unspecified atom stereocenters. The highest BCUT2D eigenvalue weighted by Crippen LogP contribution is 2.24. The maximum Gasteiger partial charge on any atom is 0.142 e. The molecule has 1 aromatic carbocycles.